The highest BCUT2D eigenvalue weighted by atomic mass is 19.1. The molecule has 17 heavy (non-hydrogen) atoms. The zero-order valence-electron chi connectivity index (χ0n) is 11.0. The fourth-order valence-electron chi connectivity index (χ4n) is 1.28. The van der Waals surface area contributed by atoms with Crippen LogP contribution in [0.4, 0.5) is 4.39 Å². The van der Waals surface area contributed by atoms with Gasteiger partial charge in [0.1, 0.15) is 0 Å². The van der Waals surface area contributed by atoms with Crippen LogP contribution in [0.2, 0.25) is 0 Å². The van der Waals surface area contributed by atoms with Crippen LogP contribution >= 0.6 is 0 Å². The molecule has 0 aliphatic rings. The molecule has 0 saturated carbocycles. The molecule has 0 spiro atoms. The molecule has 2 atom stereocenters. The van der Waals surface area contributed by atoms with E-state index in [0.717, 1.165) is 12.8 Å². The van der Waals surface area contributed by atoms with Gasteiger partial charge in [-0.3, -0.25) is 0 Å². The maximum Gasteiger partial charge on any atom is 0.197 e. The first kappa shape index (κ1) is 13.8. The van der Waals surface area contributed by atoms with E-state index in [-0.39, 0.29) is 23.8 Å². The van der Waals surface area contributed by atoms with E-state index in [0.29, 0.717) is 5.75 Å². The summed E-state index contributed by atoms with van der Waals surface area (Å²) in [7, 11) is 0. The number of para-hydroxylation sites is 1. The van der Waals surface area contributed by atoms with Gasteiger partial charge in [0, 0.05) is 0 Å². The molecule has 3 heteroatoms. The Morgan fingerprint density at radius 2 is 1.65 bits per heavy atom. The van der Waals surface area contributed by atoms with Crippen LogP contribution in [0.1, 0.15) is 40.5 Å². The molecule has 0 bridgehead atoms. The highest BCUT2D eigenvalue weighted by Gasteiger charge is 2.15. The quantitative estimate of drug-likeness (QED) is 0.742. The third-order valence-electron chi connectivity index (χ3n) is 2.73. The zero-order chi connectivity index (χ0) is 12.8. The van der Waals surface area contributed by atoms with Gasteiger partial charge in [0.25, 0.3) is 0 Å². The summed E-state index contributed by atoms with van der Waals surface area (Å²) in [6, 6.07) is 4.77. The topological polar surface area (TPSA) is 18.5 Å². The Hall–Kier alpha value is -1.25. The third kappa shape index (κ3) is 3.91. The first-order chi connectivity index (χ1) is 8.08. The van der Waals surface area contributed by atoms with Gasteiger partial charge in [0.05, 0.1) is 12.2 Å². The largest absolute Gasteiger partial charge is 0.487 e. The molecule has 0 amide bonds. The van der Waals surface area contributed by atoms with Gasteiger partial charge in [0.2, 0.25) is 0 Å². The van der Waals surface area contributed by atoms with E-state index >= 15 is 0 Å². The van der Waals surface area contributed by atoms with Crippen LogP contribution in [0, 0.1) is 5.82 Å². The molecule has 0 aromatic heterocycles. The van der Waals surface area contributed by atoms with Gasteiger partial charge >= 0.3 is 0 Å². The maximum absolute atomic E-state index is 13.7. The van der Waals surface area contributed by atoms with Crippen LogP contribution in [-0.4, -0.2) is 12.2 Å². The average molecular weight is 240 g/mol. The molecule has 0 aliphatic carbocycles. The second-order valence-corrected chi connectivity index (χ2v) is 4.24. The molecule has 1 aromatic carbocycles. The van der Waals surface area contributed by atoms with Crippen LogP contribution < -0.4 is 9.47 Å². The normalized spacial score (nSPS) is 14.2. The van der Waals surface area contributed by atoms with E-state index in [1.54, 1.807) is 12.1 Å². The van der Waals surface area contributed by atoms with Gasteiger partial charge in [0.15, 0.2) is 17.3 Å². The first-order valence-corrected chi connectivity index (χ1v) is 6.20. The van der Waals surface area contributed by atoms with Gasteiger partial charge in [-0.25, -0.2) is 4.39 Å². The minimum Gasteiger partial charge on any atom is -0.487 e. The van der Waals surface area contributed by atoms with Crippen LogP contribution in [-0.2, 0) is 0 Å². The van der Waals surface area contributed by atoms with Crippen LogP contribution in [0.25, 0.3) is 0 Å². The van der Waals surface area contributed by atoms with Crippen molar-refractivity contribution in [1.82, 2.24) is 0 Å². The predicted molar refractivity (Wildman–Crippen MR) is 67.2 cm³/mol. The number of hydrogen-bond acceptors (Lipinski definition) is 2. The summed E-state index contributed by atoms with van der Waals surface area (Å²) in [6.45, 7) is 7.90. The van der Waals surface area contributed by atoms with E-state index < -0.39 is 0 Å². The summed E-state index contributed by atoms with van der Waals surface area (Å²) >= 11 is 0. The summed E-state index contributed by atoms with van der Waals surface area (Å²) in [4.78, 5) is 0. The lowest BCUT2D eigenvalue weighted by Gasteiger charge is -2.19. The minimum atomic E-state index is -0.369. The zero-order valence-corrected chi connectivity index (χ0v) is 11.0. The van der Waals surface area contributed by atoms with E-state index in [1.165, 1.54) is 6.07 Å². The summed E-state index contributed by atoms with van der Waals surface area (Å²) in [5.74, 6) is 0.341. The predicted octanol–water partition coefficient (Wildman–Crippen LogP) is 4.18. The van der Waals surface area contributed by atoms with Crippen molar-refractivity contribution in [1.29, 1.82) is 0 Å². The van der Waals surface area contributed by atoms with Crippen molar-refractivity contribution in [2.75, 3.05) is 0 Å². The summed E-state index contributed by atoms with van der Waals surface area (Å²) in [6.07, 6.45) is 1.73. The van der Waals surface area contributed by atoms with Crippen molar-refractivity contribution < 1.29 is 13.9 Å². The van der Waals surface area contributed by atoms with Gasteiger partial charge in [-0.05, 0) is 38.8 Å². The van der Waals surface area contributed by atoms with Crippen molar-refractivity contribution in [3.63, 3.8) is 0 Å². The van der Waals surface area contributed by atoms with Gasteiger partial charge in [-0.15, -0.1) is 0 Å². The molecular formula is C14H21FO2. The highest BCUT2D eigenvalue weighted by molar-refractivity contribution is 5.41. The lowest BCUT2D eigenvalue weighted by molar-refractivity contribution is 0.170. The smallest absolute Gasteiger partial charge is 0.197 e. The lowest BCUT2D eigenvalue weighted by atomic mass is 10.2. The molecule has 1 rings (SSSR count). The van der Waals surface area contributed by atoms with Crippen molar-refractivity contribution in [3.05, 3.63) is 24.0 Å². The molecular weight excluding hydrogens is 219 g/mol. The molecule has 0 N–H and O–H groups in total. The maximum atomic E-state index is 13.7. The SMILES string of the molecule is CCC(C)Oc1cccc(F)c1OC(C)CC. The summed E-state index contributed by atoms with van der Waals surface area (Å²) < 4.78 is 24.9. The second kappa shape index (κ2) is 6.48. The fourth-order valence-corrected chi connectivity index (χ4v) is 1.28. The molecule has 0 saturated heterocycles. The number of benzene rings is 1. The van der Waals surface area contributed by atoms with Crippen molar-refractivity contribution >= 4 is 0 Å². The van der Waals surface area contributed by atoms with E-state index in [4.69, 9.17) is 9.47 Å². The fraction of sp³-hybridized carbons (Fsp3) is 0.571. The number of ether oxygens (including phenoxy) is 2. The molecule has 2 nitrogen and oxygen atoms in total. The van der Waals surface area contributed by atoms with E-state index in [2.05, 4.69) is 0 Å². The molecule has 0 fully saturated rings. The van der Waals surface area contributed by atoms with Gasteiger partial charge in [-0.1, -0.05) is 19.9 Å². The molecule has 2 unspecified atom stereocenters. The monoisotopic (exact) mass is 240 g/mol. The first-order valence-electron chi connectivity index (χ1n) is 6.20. The number of rotatable bonds is 6. The van der Waals surface area contributed by atoms with E-state index in [1.807, 2.05) is 27.7 Å². The van der Waals surface area contributed by atoms with Gasteiger partial charge < -0.3 is 9.47 Å². The number of halogens is 1. The Morgan fingerprint density at radius 3 is 2.24 bits per heavy atom. The second-order valence-electron chi connectivity index (χ2n) is 4.24. The lowest BCUT2D eigenvalue weighted by Crippen LogP contribution is -2.15. The van der Waals surface area contributed by atoms with Crippen molar-refractivity contribution in [2.45, 2.75) is 52.7 Å². The number of hydrogen-bond donors (Lipinski definition) is 0. The Labute approximate surface area is 103 Å². The standard InChI is InChI=1S/C14H21FO2/c1-5-10(3)16-13-9-7-8-12(15)14(13)17-11(4)6-2/h7-11H,5-6H2,1-4H3. The van der Waals surface area contributed by atoms with Crippen LogP contribution in [0.3, 0.4) is 0 Å². The summed E-state index contributed by atoms with van der Waals surface area (Å²) in [5.41, 5.74) is 0. The highest BCUT2D eigenvalue weighted by Crippen LogP contribution is 2.32. The molecule has 1 aromatic rings. The Morgan fingerprint density at radius 1 is 1.06 bits per heavy atom. The summed E-state index contributed by atoms with van der Waals surface area (Å²) in [5, 5.41) is 0. The third-order valence-corrected chi connectivity index (χ3v) is 2.73. The Kier molecular flexibility index (Phi) is 5.26. The molecule has 96 valence electrons. The molecule has 0 heterocycles. The Bertz CT molecular complexity index is 352. The average Bonchev–Trinajstić information content (AvgIpc) is 2.33. The molecule has 0 aliphatic heterocycles. The minimum absolute atomic E-state index is 0.0221. The molecule has 0 radical (unpaired) electrons. The van der Waals surface area contributed by atoms with Crippen LogP contribution in [0.5, 0.6) is 11.5 Å². The van der Waals surface area contributed by atoms with Crippen LogP contribution in [0.15, 0.2) is 18.2 Å². The Balaban J connectivity index is 2.91. The van der Waals surface area contributed by atoms with E-state index in [9.17, 15) is 4.39 Å². The van der Waals surface area contributed by atoms with Gasteiger partial charge in [-0.2, -0.15) is 0 Å². The van der Waals surface area contributed by atoms with Crippen molar-refractivity contribution in [3.8, 4) is 11.5 Å². The van der Waals surface area contributed by atoms with Crippen molar-refractivity contribution in [2.24, 2.45) is 0 Å².